The summed E-state index contributed by atoms with van der Waals surface area (Å²) in [5.74, 6) is 0.422. The number of benzene rings is 2. The molecule has 0 aliphatic heterocycles. The molecule has 1 aliphatic rings. The normalized spacial score (nSPS) is 14.1. The highest BCUT2D eigenvalue weighted by Crippen LogP contribution is 2.33. The summed E-state index contributed by atoms with van der Waals surface area (Å²) in [6, 6.07) is 11.4. The van der Waals surface area contributed by atoms with E-state index in [1.807, 2.05) is 42.5 Å². The molecule has 132 valence electrons. The maximum atomic E-state index is 12.5. The van der Waals surface area contributed by atoms with E-state index in [9.17, 15) is 4.79 Å². The minimum Gasteiger partial charge on any atom is -0.495 e. The summed E-state index contributed by atoms with van der Waals surface area (Å²) in [5.41, 5.74) is 3.06. The maximum Gasteiger partial charge on any atom is 0.255 e. The lowest BCUT2D eigenvalue weighted by Crippen LogP contribution is -2.25. The monoisotopic (exact) mass is 367 g/mol. The van der Waals surface area contributed by atoms with Crippen molar-refractivity contribution >= 4 is 40.6 Å². The van der Waals surface area contributed by atoms with E-state index < -0.39 is 0 Å². The number of rotatable bonds is 5. The van der Waals surface area contributed by atoms with Crippen LogP contribution >= 0.6 is 11.6 Å². The SMILES string of the molecule is COc1c(C(=O)NC2CC2)ccc2[nH]nc(C=Cc3ccc(Cl)cc3)c12. The van der Waals surface area contributed by atoms with Crippen LogP contribution in [0.4, 0.5) is 0 Å². The van der Waals surface area contributed by atoms with Gasteiger partial charge in [-0.1, -0.05) is 29.8 Å². The van der Waals surface area contributed by atoms with Crippen molar-refractivity contribution in [3.63, 3.8) is 0 Å². The van der Waals surface area contributed by atoms with Crippen LogP contribution in [0, 0.1) is 0 Å². The summed E-state index contributed by atoms with van der Waals surface area (Å²) in [4.78, 5) is 12.5. The van der Waals surface area contributed by atoms with Crippen molar-refractivity contribution in [2.75, 3.05) is 7.11 Å². The van der Waals surface area contributed by atoms with Crippen LogP contribution in [-0.2, 0) is 0 Å². The topological polar surface area (TPSA) is 67.0 Å². The van der Waals surface area contributed by atoms with Gasteiger partial charge in [0.05, 0.1) is 29.3 Å². The molecule has 1 saturated carbocycles. The summed E-state index contributed by atoms with van der Waals surface area (Å²) in [5, 5.41) is 11.8. The Morgan fingerprint density at radius 1 is 1.23 bits per heavy atom. The highest BCUT2D eigenvalue weighted by molar-refractivity contribution is 6.30. The molecule has 4 rings (SSSR count). The van der Waals surface area contributed by atoms with Crippen molar-refractivity contribution in [3.05, 3.63) is 58.2 Å². The van der Waals surface area contributed by atoms with E-state index in [0.29, 0.717) is 22.0 Å². The van der Waals surface area contributed by atoms with Gasteiger partial charge < -0.3 is 10.1 Å². The van der Waals surface area contributed by atoms with Crippen LogP contribution in [0.3, 0.4) is 0 Å². The van der Waals surface area contributed by atoms with Gasteiger partial charge in [-0.25, -0.2) is 0 Å². The number of aromatic nitrogens is 2. The van der Waals surface area contributed by atoms with Crippen LogP contribution in [0.2, 0.25) is 5.02 Å². The molecule has 0 atom stereocenters. The Morgan fingerprint density at radius 3 is 2.69 bits per heavy atom. The number of hydrogen-bond acceptors (Lipinski definition) is 3. The zero-order valence-electron chi connectivity index (χ0n) is 14.3. The molecule has 0 radical (unpaired) electrons. The van der Waals surface area contributed by atoms with Gasteiger partial charge in [0.15, 0.2) is 0 Å². The quantitative estimate of drug-likeness (QED) is 0.707. The van der Waals surface area contributed by atoms with E-state index in [4.69, 9.17) is 16.3 Å². The van der Waals surface area contributed by atoms with E-state index in [-0.39, 0.29) is 11.9 Å². The van der Waals surface area contributed by atoms with E-state index in [1.54, 1.807) is 13.2 Å². The van der Waals surface area contributed by atoms with E-state index in [2.05, 4.69) is 15.5 Å². The summed E-state index contributed by atoms with van der Waals surface area (Å²) >= 11 is 5.92. The van der Waals surface area contributed by atoms with Crippen LogP contribution in [0.5, 0.6) is 5.75 Å². The van der Waals surface area contributed by atoms with Crippen molar-refractivity contribution in [2.24, 2.45) is 0 Å². The molecule has 5 nitrogen and oxygen atoms in total. The highest BCUT2D eigenvalue weighted by atomic mass is 35.5. The molecular formula is C20H18ClN3O2. The number of halogens is 1. The average Bonchev–Trinajstić information content (AvgIpc) is 3.37. The van der Waals surface area contributed by atoms with Gasteiger partial charge in [0.2, 0.25) is 0 Å². The van der Waals surface area contributed by atoms with Gasteiger partial charge in [-0.15, -0.1) is 0 Å². The molecule has 0 bridgehead atoms. The lowest BCUT2D eigenvalue weighted by Gasteiger charge is -2.10. The first-order valence-electron chi connectivity index (χ1n) is 8.45. The molecule has 1 heterocycles. The van der Waals surface area contributed by atoms with Gasteiger partial charge in [0, 0.05) is 11.1 Å². The van der Waals surface area contributed by atoms with Gasteiger partial charge in [0.1, 0.15) is 5.75 Å². The minimum atomic E-state index is -0.111. The van der Waals surface area contributed by atoms with Crippen LogP contribution in [0.25, 0.3) is 23.1 Å². The standard InChI is InChI=1S/C20H18ClN3O2/c1-26-19-15(20(25)22-14-7-8-14)9-11-17-18(19)16(23-24-17)10-4-12-2-5-13(21)6-3-12/h2-6,9-11,14H,7-8H2,1H3,(H,22,25)(H,23,24). The second-order valence-electron chi connectivity index (χ2n) is 6.31. The van der Waals surface area contributed by atoms with E-state index >= 15 is 0 Å². The number of methoxy groups -OCH3 is 1. The summed E-state index contributed by atoms with van der Waals surface area (Å²) in [6.45, 7) is 0. The third kappa shape index (κ3) is 3.30. The predicted molar refractivity (Wildman–Crippen MR) is 104 cm³/mol. The Bertz CT molecular complexity index is 988. The Hall–Kier alpha value is -2.79. The van der Waals surface area contributed by atoms with E-state index in [1.165, 1.54) is 0 Å². The molecule has 1 aliphatic carbocycles. The smallest absolute Gasteiger partial charge is 0.255 e. The molecule has 0 spiro atoms. The van der Waals surface area contributed by atoms with Gasteiger partial charge >= 0.3 is 0 Å². The molecule has 1 aromatic heterocycles. The Labute approximate surface area is 156 Å². The minimum absolute atomic E-state index is 0.111. The second-order valence-corrected chi connectivity index (χ2v) is 6.75. The van der Waals surface area contributed by atoms with Crippen molar-refractivity contribution < 1.29 is 9.53 Å². The van der Waals surface area contributed by atoms with Crippen molar-refractivity contribution in [2.45, 2.75) is 18.9 Å². The summed E-state index contributed by atoms with van der Waals surface area (Å²) in [7, 11) is 1.57. The first kappa shape index (κ1) is 16.7. The van der Waals surface area contributed by atoms with Crippen molar-refractivity contribution in [3.8, 4) is 5.75 Å². The number of nitrogens with one attached hydrogen (secondary N) is 2. The molecule has 3 aromatic rings. The zero-order chi connectivity index (χ0) is 18.1. The average molecular weight is 368 g/mol. The fourth-order valence-corrected chi connectivity index (χ4v) is 2.98. The fraction of sp³-hybridized carbons (Fsp3) is 0.200. The lowest BCUT2D eigenvalue weighted by atomic mass is 10.1. The summed E-state index contributed by atoms with van der Waals surface area (Å²) < 4.78 is 5.58. The van der Waals surface area contributed by atoms with Crippen LogP contribution in [0.1, 0.15) is 34.5 Å². The number of carbonyl (C=O) groups excluding carboxylic acids is 1. The van der Waals surface area contributed by atoms with Gasteiger partial charge in [-0.2, -0.15) is 5.10 Å². The van der Waals surface area contributed by atoms with Crippen LogP contribution in [-0.4, -0.2) is 29.3 Å². The molecular weight excluding hydrogens is 350 g/mol. The van der Waals surface area contributed by atoms with Crippen molar-refractivity contribution in [1.29, 1.82) is 0 Å². The molecule has 0 saturated heterocycles. The molecule has 1 amide bonds. The first-order valence-corrected chi connectivity index (χ1v) is 8.83. The largest absolute Gasteiger partial charge is 0.495 e. The molecule has 0 unspecified atom stereocenters. The molecule has 2 aromatic carbocycles. The number of fused-ring (bicyclic) bond motifs is 1. The van der Waals surface area contributed by atoms with Crippen LogP contribution in [0.15, 0.2) is 36.4 Å². The highest BCUT2D eigenvalue weighted by Gasteiger charge is 2.26. The molecule has 1 fully saturated rings. The van der Waals surface area contributed by atoms with Crippen LogP contribution < -0.4 is 10.1 Å². The molecule has 26 heavy (non-hydrogen) atoms. The molecule has 2 N–H and O–H groups in total. The van der Waals surface area contributed by atoms with E-state index in [0.717, 1.165) is 29.3 Å². The number of H-pyrrole nitrogens is 1. The van der Waals surface area contributed by atoms with Gasteiger partial charge in [-0.3, -0.25) is 9.89 Å². The zero-order valence-corrected chi connectivity index (χ0v) is 15.0. The Balaban J connectivity index is 1.72. The molecule has 6 heteroatoms. The van der Waals surface area contributed by atoms with Gasteiger partial charge in [-0.05, 0) is 48.7 Å². The second kappa shape index (κ2) is 6.84. The Morgan fingerprint density at radius 2 is 2.00 bits per heavy atom. The summed E-state index contributed by atoms with van der Waals surface area (Å²) in [6.07, 6.45) is 5.92. The third-order valence-corrected chi connectivity index (χ3v) is 4.63. The number of amides is 1. The third-order valence-electron chi connectivity index (χ3n) is 4.38. The number of nitrogens with zero attached hydrogens (tertiary/aromatic N) is 1. The number of ether oxygens (including phenoxy) is 1. The first-order chi connectivity index (χ1) is 12.7. The fourth-order valence-electron chi connectivity index (χ4n) is 2.86. The number of carbonyl (C=O) groups is 1. The number of aromatic amines is 1. The number of hydrogen-bond donors (Lipinski definition) is 2. The van der Waals surface area contributed by atoms with Crippen molar-refractivity contribution in [1.82, 2.24) is 15.5 Å². The Kier molecular flexibility index (Phi) is 4.39. The predicted octanol–water partition coefficient (Wildman–Crippen LogP) is 4.29. The maximum absolute atomic E-state index is 12.5. The lowest BCUT2D eigenvalue weighted by molar-refractivity contribution is 0.0948. The van der Waals surface area contributed by atoms with Gasteiger partial charge in [0.25, 0.3) is 5.91 Å².